The molecule has 1 heterocycles. The fourth-order valence-corrected chi connectivity index (χ4v) is 2.85. The van der Waals surface area contributed by atoms with E-state index in [9.17, 15) is 13.2 Å². The molecule has 0 aliphatic rings. The molecule has 2 rings (SSSR count). The molecular formula is C14H15NO5S. The van der Waals surface area contributed by atoms with Crippen LogP contribution < -0.4 is 4.72 Å². The highest BCUT2D eigenvalue weighted by molar-refractivity contribution is 7.89. The van der Waals surface area contributed by atoms with Gasteiger partial charge in [-0.15, -0.1) is 0 Å². The van der Waals surface area contributed by atoms with E-state index >= 15 is 0 Å². The second-order valence-corrected chi connectivity index (χ2v) is 6.17. The molecule has 2 aromatic rings. The van der Waals surface area contributed by atoms with E-state index in [1.54, 1.807) is 30.3 Å². The molecule has 21 heavy (non-hydrogen) atoms. The van der Waals surface area contributed by atoms with E-state index in [4.69, 9.17) is 9.52 Å². The summed E-state index contributed by atoms with van der Waals surface area (Å²) in [5.41, 5.74) is 0. The molecule has 112 valence electrons. The van der Waals surface area contributed by atoms with Crippen molar-refractivity contribution in [3.05, 3.63) is 54.0 Å². The first-order valence-electron chi connectivity index (χ1n) is 6.31. The molecule has 0 unspecified atom stereocenters. The Labute approximate surface area is 122 Å². The van der Waals surface area contributed by atoms with Crippen LogP contribution in [0.4, 0.5) is 0 Å². The molecule has 0 amide bonds. The summed E-state index contributed by atoms with van der Waals surface area (Å²) in [5, 5.41) is 8.63. The highest BCUT2D eigenvalue weighted by Crippen LogP contribution is 2.10. The zero-order valence-corrected chi connectivity index (χ0v) is 12.0. The normalized spacial score (nSPS) is 11.4. The van der Waals surface area contributed by atoms with E-state index in [-0.39, 0.29) is 17.9 Å². The van der Waals surface area contributed by atoms with Gasteiger partial charge in [-0.1, -0.05) is 18.2 Å². The van der Waals surface area contributed by atoms with Crippen LogP contribution in [0.25, 0.3) is 0 Å². The quantitative estimate of drug-likeness (QED) is 0.806. The smallest absolute Gasteiger partial charge is 0.311 e. The molecule has 0 aliphatic carbocycles. The lowest BCUT2D eigenvalue weighted by Crippen LogP contribution is -2.25. The van der Waals surface area contributed by atoms with Crippen molar-refractivity contribution in [2.75, 3.05) is 6.54 Å². The number of carboxylic acid groups (broad SMARTS) is 1. The van der Waals surface area contributed by atoms with Crippen molar-refractivity contribution in [1.29, 1.82) is 0 Å². The summed E-state index contributed by atoms with van der Waals surface area (Å²) in [6, 6.07) is 11.3. The standard InChI is InChI=1S/C14H15NO5S/c16-14(17)10-12-7-6-11(20-12)8-9-15-21(18,19)13-4-2-1-3-5-13/h1-7,15H,8-10H2,(H,16,17). The van der Waals surface area contributed by atoms with Gasteiger partial charge >= 0.3 is 5.97 Å². The Hall–Kier alpha value is -2.12. The zero-order chi connectivity index (χ0) is 15.3. The molecule has 0 fully saturated rings. The van der Waals surface area contributed by atoms with Gasteiger partial charge in [-0.2, -0.15) is 0 Å². The average Bonchev–Trinajstić information content (AvgIpc) is 2.86. The van der Waals surface area contributed by atoms with E-state index in [1.807, 2.05) is 0 Å². The second-order valence-electron chi connectivity index (χ2n) is 4.40. The Kier molecular flexibility index (Phi) is 4.77. The van der Waals surface area contributed by atoms with Gasteiger partial charge in [-0.05, 0) is 24.3 Å². The molecule has 0 saturated heterocycles. The highest BCUT2D eigenvalue weighted by atomic mass is 32.2. The third-order valence-corrected chi connectivity index (χ3v) is 4.24. The Morgan fingerprint density at radius 3 is 2.43 bits per heavy atom. The fourth-order valence-electron chi connectivity index (χ4n) is 1.79. The molecule has 1 aromatic carbocycles. The summed E-state index contributed by atoms with van der Waals surface area (Å²) in [4.78, 5) is 10.7. The summed E-state index contributed by atoms with van der Waals surface area (Å²) >= 11 is 0. The molecule has 0 radical (unpaired) electrons. The summed E-state index contributed by atoms with van der Waals surface area (Å²) in [5.74, 6) is -0.0777. The van der Waals surface area contributed by atoms with Crippen LogP contribution in [0.2, 0.25) is 0 Å². The van der Waals surface area contributed by atoms with Gasteiger partial charge < -0.3 is 9.52 Å². The molecule has 2 N–H and O–H groups in total. The van der Waals surface area contributed by atoms with Crippen LogP contribution in [-0.2, 0) is 27.7 Å². The summed E-state index contributed by atoms with van der Waals surface area (Å²) < 4.78 is 31.7. The second kappa shape index (κ2) is 6.55. The van der Waals surface area contributed by atoms with Gasteiger partial charge in [-0.25, -0.2) is 13.1 Å². The third kappa shape index (κ3) is 4.44. The number of hydrogen-bond acceptors (Lipinski definition) is 4. The number of benzene rings is 1. The number of rotatable bonds is 7. The molecule has 0 spiro atoms. The van der Waals surface area contributed by atoms with E-state index in [0.29, 0.717) is 17.9 Å². The van der Waals surface area contributed by atoms with Crippen molar-refractivity contribution in [3.8, 4) is 0 Å². The lowest BCUT2D eigenvalue weighted by atomic mass is 10.3. The summed E-state index contributed by atoms with van der Waals surface area (Å²) in [6.07, 6.45) is 0.168. The van der Waals surface area contributed by atoms with Gasteiger partial charge in [0.15, 0.2) is 0 Å². The van der Waals surface area contributed by atoms with E-state index in [1.165, 1.54) is 12.1 Å². The fraction of sp³-hybridized carbons (Fsp3) is 0.214. The van der Waals surface area contributed by atoms with Crippen LogP contribution >= 0.6 is 0 Å². The van der Waals surface area contributed by atoms with Crippen molar-refractivity contribution in [2.45, 2.75) is 17.7 Å². The van der Waals surface area contributed by atoms with Gasteiger partial charge in [0.25, 0.3) is 0 Å². The van der Waals surface area contributed by atoms with Crippen molar-refractivity contribution in [3.63, 3.8) is 0 Å². The largest absolute Gasteiger partial charge is 0.481 e. The number of carboxylic acids is 1. The van der Waals surface area contributed by atoms with Crippen LogP contribution in [-0.4, -0.2) is 26.0 Å². The van der Waals surface area contributed by atoms with E-state index < -0.39 is 16.0 Å². The molecule has 7 heteroatoms. The van der Waals surface area contributed by atoms with Crippen molar-refractivity contribution in [1.82, 2.24) is 4.72 Å². The minimum absolute atomic E-state index is 0.178. The topological polar surface area (TPSA) is 96.6 Å². The first-order valence-corrected chi connectivity index (χ1v) is 7.80. The molecule has 1 aromatic heterocycles. The Morgan fingerprint density at radius 1 is 1.10 bits per heavy atom. The molecule has 6 nitrogen and oxygen atoms in total. The number of hydrogen-bond donors (Lipinski definition) is 2. The maximum absolute atomic E-state index is 12.0. The Balaban J connectivity index is 1.89. The summed E-state index contributed by atoms with van der Waals surface area (Å²) in [7, 11) is -3.53. The van der Waals surface area contributed by atoms with Crippen molar-refractivity contribution >= 4 is 16.0 Å². The van der Waals surface area contributed by atoms with E-state index in [0.717, 1.165) is 0 Å². The van der Waals surface area contributed by atoms with Gasteiger partial charge in [0, 0.05) is 13.0 Å². The number of carbonyl (C=O) groups is 1. The molecule has 0 bridgehead atoms. The Morgan fingerprint density at radius 2 is 1.76 bits per heavy atom. The summed E-state index contributed by atoms with van der Waals surface area (Å²) in [6.45, 7) is 0.178. The van der Waals surface area contributed by atoms with Crippen molar-refractivity contribution in [2.24, 2.45) is 0 Å². The van der Waals surface area contributed by atoms with Crippen molar-refractivity contribution < 1.29 is 22.7 Å². The third-order valence-electron chi connectivity index (χ3n) is 2.76. The van der Waals surface area contributed by atoms with Gasteiger partial charge in [0.2, 0.25) is 10.0 Å². The Bertz CT molecular complexity index is 706. The molecule has 0 saturated carbocycles. The number of furan rings is 1. The first kappa shape index (κ1) is 15.3. The first-order chi connectivity index (χ1) is 9.97. The van der Waals surface area contributed by atoms with Gasteiger partial charge in [0.05, 0.1) is 4.90 Å². The van der Waals surface area contributed by atoms with Crippen LogP contribution in [0.15, 0.2) is 51.8 Å². The monoisotopic (exact) mass is 309 g/mol. The van der Waals surface area contributed by atoms with Gasteiger partial charge in [-0.3, -0.25) is 4.79 Å². The van der Waals surface area contributed by atoms with Gasteiger partial charge in [0.1, 0.15) is 17.9 Å². The predicted octanol–water partition coefficient (Wildman–Crippen LogP) is 1.43. The van der Waals surface area contributed by atoms with Crippen LogP contribution in [0.1, 0.15) is 11.5 Å². The minimum Gasteiger partial charge on any atom is -0.481 e. The van der Waals surface area contributed by atoms with E-state index in [2.05, 4.69) is 4.72 Å². The maximum Gasteiger partial charge on any atom is 0.311 e. The van der Waals surface area contributed by atoms with Crippen LogP contribution in [0, 0.1) is 0 Å². The number of sulfonamides is 1. The molecule has 0 aliphatic heterocycles. The molecular weight excluding hydrogens is 294 g/mol. The minimum atomic E-state index is -3.53. The lowest BCUT2D eigenvalue weighted by molar-refractivity contribution is -0.136. The molecule has 0 atom stereocenters. The predicted molar refractivity (Wildman–Crippen MR) is 75.4 cm³/mol. The number of nitrogens with one attached hydrogen (secondary N) is 1. The lowest BCUT2D eigenvalue weighted by Gasteiger charge is -2.05. The average molecular weight is 309 g/mol. The number of aliphatic carboxylic acids is 1. The highest BCUT2D eigenvalue weighted by Gasteiger charge is 2.13. The zero-order valence-electron chi connectivity index (χ0n) is 11.2. The SMILES string of the molecule is O=C(O)Cc1ccc(CCNS(=O)(=O)c2ccccc2)o1. The van der Waals surface area contributed by atoms with Crippen LogP contribution in [0.3, 0.4) is 0 Å². The van der Waals surface area contributed by atoms with Crippen LogP contribution in [0.5, 0.6) is 0 Å². The maximum atomic E-state index is 12.0.